The molecule has 3 aliphatic rings. The van der Waals surface area contributed by atoms with E-state index in [2.05, 4.69) is 15.9 Å². The van der Waals surface area contributed by atoms with Crippen LogP contribution in [0.3, 0.4) is 0 Å². The van der Waals surface area contributed by atoms with E-state index in [-0.39, 0.29) is 68.3 Å². The van der Waals surface area contributed by atoms with E-state index in [4.69, 9.17) is 65.7 Å². The Morgan fingerprint density at radius 3 is 1.00 bits per heavy atom. The highest BCUT2D eigenvalue weighted by atomic mass is 79.9. The molecule has 8 aromatic rings. The Morgan fingerprint density at radius 1 is 0.382 bits per heavy atom. The maximum atomic E-state index is 15.2. The number of nitrogens with zero attached hydrogens (tertiary/aromatic N) is 3. The molecule has 0 aliphatic carbocycles. The van der Waals surface area contributed by atoms with Gasteiger partial charge in [-0.05, 0) is 276 Å². The highest BCUT2D eigenvalue weighted by molar-refractivity contribution is 9.10. The summed E-state index contributed by atoms with van der Waals surface area (Å²) in [7, 11) is 0. The van der Waals surface area contributed by atoms with E-state index in [1.165, 1.54) is 115 Å². The Bertz CT molecular complexity index is 5360. The number of hydrogen-bond donors (Lipinski definition) is 6. The number of aliphatic hydroxyl groups is 2. The summed E-state index contributed by atoms with van der Waals surface area (Å²) in [5.74, 6) is -14.7. The third kappa shape index (κ3) is 25.9. The SMILES string of the molecule is CC(C)(C)OC(=O)N1CCC(C(=O)c2cc(F)c(C(=O)c3ccc(Cl)cc3)c(C(=O)O)c2)CC1.CC(C)(C)OC(=O)N1CCC(C(C)(O)c2cc(F)c(C(=O)c3ccc(Cl)cc3)c(C(=O)O)c2)CC1.CC(C)(C)OC(=O)N1CCC(C(O)c2cc(F)c(C(=O)c3ccc(Cl)cc3)c(C(=O)O)c2)CC1.O=C(O)c1cc(Br)cc(F)c1C(=O)c1ccc(Cl)cc1. The van der Waals surface area contributed by atoms with Crippen molar-refractivity contribution < 1.29 is 120 Å². The number of aliphatic hydroxyl groups excluding tert-OH is 1. The molecule has 3 saturated heterocycles. The molecule has 2 unspecified atom stereocenters. The summed E-state index contributed by atoms with van der Waals surface area (Å²) >= 11 is 26.2. The van der Waals surface area contributed by atoms with Crippen molar-refractivity contribution in [2.45, 2.75) is 136 Å². The van der Waals surface area contributed by atoms with Crippen molar-refractivity contribution >= 4 is 133 Å². The van der Waals surface area contributed by atoms with E-state index in [1.807, 2.05) is 0 Å². The summed E-state index contributed by atoms with van der Waals surface area (Å²) < 4.78 is 75.6. The van der Waals surface area contributed by atoms with Gasteiger partial charge in [0.15, 0.2) is 28.9 Å². The molecule has 3 amide bonds. The largest absolute Gasteiger partial charge is 0.478 e. The zero-order chi connectivity index (χ0) is 91.4. The topological polar surface area (TPSA) is 364 Å². The fraction of sp³-hybridized carbons (Fsp3) is 0.333. The van der Waals surface area contributed by atoms with Gasteiger partial charge in [0, 0.05) is 97.6 Å². The number of piperidine rings is 3. The summed E-state index contributed by atoms with van der Waals surface area (Å²) in [5.41, 5.74) is -7.37. The summed E-state index contributed by atoms with van der Waals surface area (Å²) in [6.45, 7) is 19.3. The highest BCUT2D eigenvalue weighted by Crippen LogP contribution is 2.40. The second-order valence-corrected chi connectivity index (χ2v) is 35.0. The van der Waals surface area contributed by atoms with Crippen molar-refractivity contribution in [3.63, 3.8) is 0 Å². The van der Waals surface area contributed by atoms with Crippen LogP contribution in [-0.4, -0.2) is 172 Å². The molecule has 0 spiro atoms. The number of carboxylic acids is 4. The molecule has 0 bridgehead atoms. The Morgan fingerprint density at radius 2 is 0.667 bits per heavy atom. The molecule has 3 aliphatic heterocycles. The van der Waals surface area contributed by atoms with E-state index in [0.717, 1.165) is 42.5 Å². The molecule has 8 aromatic carbocycles. The van der Waals surface area contributed by atoms with Crippen molar-refractivity contribution in [1.82, 2.24) is 14.7 Å². The molecule has 3 fully saturated rings. The van der Waals surface area contributed by atoms with Crippen molar-refractivity contribution in [3.05, 3.63) is 277 Å². The molecule has 652 valence electrons. The minimum Gasteiger partial charge on any atom is -0.478 e. The fourth-order valence-electron chi connectivity index (χ4n) is 13.7. The number of Topliss-reactive ketones (excluding diaryl/α,β-unsaturated/α-hetero) is 1. The summed E-state index contributed by atoms with van der Waals surface area (Å²) in [6.07, 6.45) is -0.198. The number of aromatic carboxylic acids is 4. The van der Waals surface area contributed by atoms with Crippen LogP contribution in [0.15, 0.2) is 150 Å². The second-order valence-electron chi connectivity index (χ2n) is 32.3. The average molecular weight is 1850 g/mol. The first kappa shape index (κ1) is 97.5. The number of ketones is 5. The predicted molar refractivity (Wildman–Crippen MR) is 451 cm³/mol. The maximum Gasteiger partial charge on any atom is 0.410 e. The molecule has 0 aromatic heterocycles. The maximum absolute atomic E-state index is 15.2. The van der Waals surface area contributed by atoms with Crippen LogP contribution in [0.5, 0.6) is 0 Å². The Labute approximate surface area is 733 Å². The van der Waals surface area contributed by atoms with Crippen molar-refractivity contribution in [2.75, 3.05) is 39.3 Å². The Balaban J connectivity index is 0.000000207. The number of carbonyl (C=O) groups is 12. The third-order valence-electron chi connectivity index (χ3n) is 19.9. The van der Waals surface area contributed by atoms with Gasteiger partial charge in [0.2, 0.25) is 0 Å². The van der Waals surface area contributed by atoms with Crippen LogP contribution in [-0.2, 0) is 19.8 Å². The van der Waals surface area contributed by atoms with E-state index in [1.54, 1.807) is 72.1 Å². The molecular formula is C90H88BrCl4F4N3O21. The standard InChI is InChI=1S/C26H29ClFNO6.C25H27ClFNO6.C25H25ClFNO6.C14H7BrClFO3/c1-25(2,3)35-24(33)29-11-9-16(10-12-29)26(4,34)17-13-19(23(31)32)21(20(28)14-17)22(30)15-5-7-18(27)8-6-15;2*1-25(2,3)34-24(33)28-10-8-15(9-11-28)21(29)16-12-18(23(31)32)20(19(27)13-16)22(30)14-4-6-17(26)7-5-14;15-8-5-10(14(19)20)12(11(17)6-8)13(18)7-1-3-9(16)4-2-7/h5-8,13-14,16,34H,9-12H2,1-4H3,(H,31,32);4-7,12-13,15,21,29H,8-11H2,1-3H3,(H,31,32);4-7,12-13,15H,8-11H2,1-3H3,(H,31,32);1-6H,(H,19,20). The lowest BCUT2D eigenvalue weighted by Gasteiger charge is -2.40. The van der Waals surface area contributed by atoms with E-state index in [0.29, 0.717) is 84.8 Å². The number of rotatable bonds is 18. The number of amides is 3. The Kier molecular flexibility index (Phi) is 32.5. The zero-order valence-electron chi connectivity index (χ0n) is 68.2. The van der Waals surface area contributed by atoms with Crippen molar-refractivity contribution in [1.29, 1.82) is 0 Å². The smallest absolute Gasteiger partial charge is 0.410 e. The summed E-state index contributed by atoms with van der Waals surface area (Å²) in [4.78, 5) is 152. The molecule has 0 radical (unpaired) electrons. The first-order valence-corrected chi connectivity index (χ1v) is 40.7. The average Bonchev–Trinajstić information content (AvgIpc) is 0.778. The second kappa shape index (κ2) is 41.0. The van der Waals surface area contributed by atoms with Crippen molar-refractivity contribution in [3.8, 4) is 0 Å². The van der Waals surface area contributed by atoms with E-state index >= 15 is 13.2 Å². The number of hydrogen-bond acceptors (Lipinski definition) is 17. The molecule has 2 atom stereocenters. The lowest BCUT2D eigenvalue weighted by atomic mass is 9.76. The lowest BCUT2D eigenvalue weighted by Crippen LogP contribution is -2.46. The van der Waals surface area contributed by atoms with Crippen LogP contribution >= 0.6 is 62.3 Å². The van der Waals surface area contributed by atoms with Gasteiger partial charge < -0.3 is 59.5 Å². The molecule has 0 saturated carbocycles. The van der Waals surface area contributed by atoms with Crippen LogP contribution in [0.25, 0.3) is 0 Å². The molecular weight excluding hydrogens is 1760 g/mol. The van der Waals surface area contributed by atoms with E-state index < -0.39 is 173 Å². The zero-order valence-corrected chi connectivity index (χ0v) is 72.8. The lowest BCUT2D eigenvalue weighted by molar-refractivity contribution is -0.0386. The summed E-state index contributed by atoms with van der Waals surface area (Å²) in [5, 5.41) is 61.9. The minimum atomic E-state index is -1.59. The van der Waals surface area contributed by atoms with Gasteiger partial charge in [-0.3, -0.25) is 24.0 Å². The van der Waals surface area contributed by atoms with Gasteiger partial charge in [-0.2, -0.15) is 0 Å². The van der Waals surface area contributed by atoms with Gasteiger partial charge in [-0.25, -0.2) is 51.1 Å². The first-order chi connectivity index (χ1) is 57.3. The Hall–Kier alpha value is -10.9. The number of carboxylic acid groups (broad SMARTS) is 4. The van der Waals surface area contributed by atoms with Crippen LogP contribution < -0.4 is 0 Å². The monoisotopic (exact) mass is 1840 g/mol. The fourth-order valence-corrected chi connectivity index (χ4v) is 14.6. The van der Waals surface area contributed by atoms with Gasteiger partial charge >= 0.3 is 42.2 Å². The number of ether oxygens (including phenoxy) is 3. The van der Waals surface area contributed by atoms with Gasteiger partial charge in [-0.15, -0.1) is 0 Å². The van der Waals surface area contributed by atoms with Crippen LogP contribution in [0.1, 0.15) is 240 Å². The van der Waals surface area contributed by atoms with Gasteiger partial charge in [-0.1, -0.05) is 62.3 Å². The molecule has 6 N–H and O–H groups in total. The molecule has 24 nitrogen and oxygen atoms in total. The summed E-state index contributed by atoms with van der Waals surface area (Å²) in [6, 6.07) is 31.2. The number of carbonyl (C=O) groups excluding carboxylic acids is 8. The van der Waals surface area contributed by atoms with Gasteiger partial charge in [0.25, 0.3) is 0 Å². The molecule has 3 heterocycles. The van der Waals surface area contributed by atoms with Gasteiger partial charge in [0.1, 0.15) is 40.1 Å². The predicted octanol–water partition coefficient (Wildman–Crippen LogP) is 19.8. The molecule has 11 rings (SSSR count). The minimum absolute atomic E-state index is 0.0516. The van der Waals surface area contributed by atoms with Crippen LogP contribution in [0, 0.1) is 41.0 Å². The van der Waals surface area contributed by atoms with Crippen molar-refractivity contribution in [2.24, 2.45) is 17.8 Å². The number of likely N-dealkylation sites (tertiary alicyclic amines) is 3. The number of benzene rings is 8. The molecule has 123 heavy (non-hydrogen) atoms. The van der Waals surface area contributed by atoms with Crippen LogP contribution in [0.4, 0.5) is 31.9 Å². The highest BCUT2D eigenvalue weighted by Gasteiger charge is 2.41. The van der Waals surface area contributed by atoms with E-state index in [9.17, 15) is 87.5 Å². The quantitative estimate of drug-likeness (QED) is 0.0264. The number of halogens is 9. The third-order valence-corrected chi connectivity index (χ3v) is 21.4. The van der Waals surface area contributed by atoms with Gasteiger partial charge in [0.05, 0.1) is 56.2 Å². The van der Waals surface area contributed by atoms with Crippen LogP contribution in [0.2, 0.25) is 20.1 Å². The molecule has 33 heteroatoms. The normalized spacial score (nSPS) is 14.7. The first-order valence-electron chi connectivity index (χ1n) is 38.4.